The Bertz CT molecular complexity index is 899. The first kappa shape index (κ1) is 14.8. The monoisotopic (exact) mass is 323 g/mol. The molecule has 0 bridgehead atoms. The molecule has 1 aromatic carbocycles. The van der Waals surface area contributed by atoms with Gasteiger partial charge < -0.3 is 10.0 Å². The molecule has 1 aliphatic heterocycles. The summed E-state index contributed by atoms with van der Waals surface area (Å²) in [6, 6.07) is 11.5. The molecule has 0 saturated carbocycles. The molecule has 1 N–H and O–H groups in total. The Morgan fingerprint density at radius 2 is 2.04 bits per heavy atom. The Labute approximate surface area is 138 Å². The zero-order valence-electron chi connectivity index (χ0n) is 13.2. The maximum Gasteiger partial charge on any atom is 0.272 e. The molecule has 7 heteroatoms. The molecule has 3 heterocycles. The van der Waals surface area contributed by atoms with E-state index in [9.17, 15) is 9.90 Å². The third-order valence-corrected chi connectivity index (χ3v) is 4.30. The lowest BCUT2D eigenvalue weighted by molar-refractivity contribution is 0.0492. The number of pyridine rings is 1. The largest absolute Gasteiger partial charge is 0.387 e. The number of aliphatic hydroxyl groups is 1. The first-order valence-corrected chi connectivity index (χ1v) is 7.86. The predicted molar refractivity (Wildman–Crippen MR) is 87.3 cm³/mol. The van der Waals surface area contributed by atoms with Crippen LogP contribution in [0.25, 0.3) is 10.9 Å². The molecule has 2 aromatic heterocycles. The highest BCUT2D eigenvalue weighted by Crippen LogP contribution is 2.23. The van der Waals surface area contributed by atoms with Crippen LogP contribution in [0.4, 0.5) is 0 Å². The van der Waals surface area contributed by atoms with Crippen molar-refractivity contribution < 1.29 is 9.90 Å². The number of nitrogens with zero attached hydrogens (tertiary/aromatic N) is 5. The summed E-state index contributed by atoms with van der Waals surface area (Å²) in [6.07, 6.45) is 1.09. The van der Waals surface area contributed by atoms with Gasteiger partial charge in [-0.25, -0.2) is 9.67 Å². The van der Waals surface area contributed by atoms with Gasteiger partial charge in [-0.3, -0.25) is 4.79 Å². The van der Waals surface area contributed by atoms with Crippen LogP contribution in [0.2, 0.25) is 0 Å². The molecule has 4 rings (SSSR count). The summed E-state index contributed by atoms with van der Waals surface area (Å²) in [6.45, 7) is 2.78. The Morgan fingerprint density at radius 3 is 2.79 bits per heavy atom. The van der Waals surface area contributed by atoms with Crippen molar-refractivity contribution in [3.63, 3.8) is 0 Å². The van der Waals surface area contributed by atoms with E-state index >= 15 is 0 Å². The number of likely N-dealkylation sites (tertiary alicyclic amines) is 1. The zero-order valence-corrected chi connectivity index (χ0v) is 13.2. The number of aliphatic hydroxyl groups excluding tert-OH is 1. The zero-order chi connectivity index (χ0) is 16.7. The van der Waals surface area contributed by atoms with Crippen LogP contribution in [0.1, 0.15) is 35.3 Å². The van der Waals surface area contributed by atoms with E-state index in [4.69, 9.17) is 0 Å². The molecule has 1 atom stereocenters. The Balaban J connectivity index is 1.46. The Hall–Kier alpha value is -2.80. The van der Waals surface area contributed by atoms with E-state index in [1.807, 2.05) is 30.3 Å². The average Bonchev–Trinajstić information content (AvgIpc) is 3.03. The van der Waals surface area contributed by atoms with E-state index in [0.29, 0.717) is 24.5 Å². The lowest BCUT2D eigenvalue weighted by Crippen LogP contribution is -2.51. The van der Waals surface area contributed by atoms with Gasteiger partial charge in [0, 0.05) is 18.5 Å². The Morgan fingerprint density at radius 1 is 1.25 bits per heavy atom. The third-order valence-electron chi connectivity index (χ3n) is 4.30. The van der Waals surface area contributed by atoms with Gasteiger partial charge in [-0.1, -0.05) is 29.5 Å². The van der Waals surface area contributed by atoms with Gasteiger partial charge in [0.05, 0.1) is 23.9 Å². The van der Waals surface area contributed by atoms with Crippen LogP contribution in [0, 0.1) is 0 Å². The van der Waals surface area contributed by atoms with Crippen molar-refractivity contribution in [2.24, 2.45) is 0 Å². The first-order valence-electron chi connectivity index (χ1n) is 7.86. The van der Waals surface area contributed by atoms with Crippen molar-refractivity contribution in [1.82, 2.24) is 24.9 Å². The highest BCUT2D eigenvalue weighted by Gasteiger charge is 2.34. The Kier molecular flexibility index (Phi) is 3.50. The standard InChI is InChI=1S/C17H17N5O2/c1-11(23)16-10-22(20-19-16)13-8-21(9-13)17(24)15-7-6-12-4-2-3-5-14(12)18-15/h2-7,10-11,13,23H,8-9H2,1H3. The summed E-state index contributed by atoms with van der Waals surface area (Å²) in [5, 5.41) is 18.5. The third kappa shape index (κ3) is 2.52. The highest BCUT2D eigenvalue weighted by atomic mass is 16.3. The molecule has 1 amide bonds. The van der Waals surface area contributed by atoms with Gasteiger partial charge in [-0.15, -0.1) is 5.10 Å². The van der Waals surface area contributed by atoms with Crippen molar-refractivity contribution in [2.75, 3.05) is 13.1 Å². The van der Waals surface area contributed by atoms with E-state index in [0.717, 1.165) is 10.9 Å². The number of carbonyl (C=O) groups is 1. The van der Waals surface area contributed by atoms with E-state index < -0.39 is 6.10 Å². The number of amides is 1. The summed E-state index contributed by atoms with van der Waals surface area (Å²) in [5.41, 5.74) is 1.81. The molecule has 3 aromatic rings. The summed E-state index contributed by atoms with van der Waals surface area (Å²) in [7, 11) is 0. The highest BCUT2D eigenvalue weighted by molar-refractivity contribution is 5.95. The fourth-order valence-corrected chi connectivity index (χ4v) is 2.80. The number of fused-ring (bicyclic) bond motifs is 1. The SMILES string of the molecule is CC(O)c1cn(C2CN(C(=O)c3ccc4ccccc4n3)C2)nn1. The van der Waals surface area contributed by atoms with Gasteiger partial charge in [-0.2, -0.15) is 0 Å². The number of carbonyl (C=O) groups excluding carboxylic acids is 1. The molecule has 1 unspecified atom stereocenters. The van der Waals surface area contributed by atoms with Gasteiger partial charge in [0.25, 0.3) is 5.91 Å². The molecule has 7 nitrogen and oxygen atoms in total. The smallest absolute Gasteiger partial charge is 0.272 e. The topological polar surface area (TPSA) is 84.1 Å². The maximum atomic E-state index is 12.5. The lowest BCUT2D eigenvalue weighted by atomic mass is 10.1. The number of aromatic nitrogens is 4. The number of rotatable bonds is 3. The summed E-state index contributed by atoms with van der Waals surface area (Å²) < 4.78 is 1.71. The van der Waals surface area contributed by atoms with Crippen molar-refractivity contribution in [1.29, 1.82) is 0 Å². The van der Waals surface area contributed by atoms with Crippen LogP contribution in [-0.4, -0.2) is 49.0 Å². The molecule has 1 fully saturated rings. The molecule has 0 radical (unpaired) electrons. The normalized spacial score (nSPS) is 16.2. The minimum Gasteiger partial charge on any atom is -0.387 e. The van der Waals surface area contributed by atoms with Gasteiger partial charge in [0.2, 0.25) is 0 Å². The molecule has 1 saturated heterocycles. The molecule has 1 aliphatic rings. The van der Waals surface area contributed by atoms with Crippen LogP contribution in [-0.2, 0) is 0 Å². The molecular weight excluding hydrogens is 306 g/mol. The summed E-state index contributed by atoms with van der Waals surface area (Å²) >= 11 is 0. The quantitative estimate of drug-likeness (QED) is 0.791. The fraction of sp³-hybridized carbons (Fsp3) is 0.294. The van der Waals surface area contributed by atoms with E-state index in [1.54, 1.807) is 28.8 Å². The van der Waals surface area contributed by atoms with Gasteiger partial charge in [0.15, 0.2) is 0 Å². The van der Waals surface area contributed by atoms with Crippen LogP contribution in [0.3, 0.4) is 0 Å². The van der Waals surface area contributed by atoms with Crippen LogP contribution in [0.5, 0.6) is 0 Å². The summed E-state index contributed by atoms with van der Waals surface area (Å²) in [4.78, 5) is 18.7. The summed E-state index contributed by atoms with van der Waals surface area (Å²) in [5.74, 6) is -0.0760. The van der Waals surface area contributed by atoms with Crippen molar-refractivity contribution in [3.05, 3.63) is 54.0 Å². The second-order valence-electron chi connectivity index (χ2n) is 6.05. The number of benzene rings is 1. The van der Waals surface area contributed by atoms with Crippen LogP contribution >= 0.6 is 0 Å². The number of hydrogen-bond acceptors (Lipinski definition) is 5. The molecule has 122 valence electrons. The average molecular weight is 323 g/mol. The molecule has 0 spiro atoms. The van der Waals surface area contributed by atoms with E-state index in [2.05, 4.69) is 15.3 Å². The van der Waals surface area contributed by atoms with Crippen molar-refractivity contribution >= 4 is 16.8 Å². The second kappa shape index (κ2) is 5.68. The second-order valence-corrected chi connectivity index (χ2v) is 6.05. The predicted octanol–water partition coefficient (Wildman–Crippen LogP) is 1.58. The number of hydrogen-bond donors (Lipinski definition) is 1. The van der Waals surface area contributed by atoms with Crippen LogP contribution in [0.15, 0.2) is 42.6 Å². The van der Waals surface area contributed by atoms with Crippen molar-refractivity contribution in [2.45, 2.75) is 19.1 Å². The van der Waals surface area contributed by atoms with Gasteiger partial charge >= 0.3 is 0 Å². The fourth-order valence-electron chi connectivity index (χ4n) is 2.80. The first-order chi connectivity index (χ1) is 11.6. The lowest BCUT2D eigenvalue weighted by Gasteiger charge is -2.38. The van der Waals surface area contributed by atoms with Gasteiger partial charge in [0.1, 0.15) is 11.4 Å². The van der Waals surface area contributed by atoms with E-state index in [1.165, 1.54) is 0 Å². The van der Waals surface area contributed by atoms with Crippen molar-refractivity contribution in [3.8, 4) is 0 Å². The number of para-hydroxylation sites is 1. The molecule has 24 heavy (non-hydrogen) atoms. The van der Waals surface area contributed by atoms with E-state index in [-0.39, 0.29) is 11.9 Å². The van der Waals surface area contributed by atoms with Gasteiger partial charge in [-0.05, 0) is 19.1 Å². The minimum absolute atomic E-state index is 0.0760. The van der Waals surface area contributed by atoms with Crippen LogP contribution < -0.4 is 0 Å². The maximum absolute atomic E-state index is 12.5. The molecule has 0 aliphatic carbocycles. The molecular formula is C17H17N5O2. The minimum atomic E-state index is -0.640.